The van der Waals surface area contributed by atoms with Crippen molar-refractivity contribution < 1.29 is 5.11 Å². The smallest absolute Gasteiger partial charge is 0.198 e. The van der Waals surface area contributed by atoms with Gasteiger partial charge in [-0.15, -0.1) is 0 Å². The molecule has 0 aromatic carbocycles. The summed E-state index contributed by atoms with van der Waals surface area (Å²) in [5.74, 6) is 0. The third kappa shape index (κ3) is 1.04. The van der Waals surface area contributed by atoms with E-state index in [9.17, 15) is 5.11 Å². The first-order chi connectivity index (χ1) is 6.66. The monoisotopic (exact) mass is 208 g/mol. The Labute approximate surface area is 84.2 Å². The molecule has 0 saturated carbocycles. The summed E-state index contributed by atoms with van der Waals surface area (Å²) in [6, 6.07) is 0. The minimum absolute atomic E-state index is 0.516. The average Bonchev–Trinajstić information content (AvgIpc) is 2.56. The number of fused-ring (bicyclic) bond motifs is 3. The number of aliphatic hydroxyl groups is 1. The van der Waals surface area contributed by atoms with Crippen molar-refractivity contribution >= 4 is 23.1 Å². The summed E-state index contributed by atoms with van der Waals surface area (Å²) in [7, 11) is 0. The van der Waals surface area contributed by atoms with Gasteiger partial charge in [0.05, 0.1) is 6.54 Å². The lowest BCUT2D eigenvalue weighted by Gasteiger charge is -2.12. The zero-order valence-electron chi connectivity index (χ0n) is 7.51. The van der Waals surface area contributed by atoms with E-state index < -0.39 is 4.93 Å². The quantitative estimate of drug-likeness (QED) is 0.688. The number of hydrogen-bond donors (Lipinski definition) is 1. The second-order valence-electron chi connectivity index (χ2n) is 3.46. The van der Waals surface area contributed by atoms with Gasteiger partial charge in [-0.05, 0) is 6.92 Å². The van der Waals surface area contributed by atoms with Gasteiger partial charge in [0.15, 0.2) is 16.5 Å². The fourth-order valence-corrected chi connectivity index (χ4v) is 2.56. The third-order valence-corrected chi connectivity index (χ3v) is 3.17. The van der Waals surface area contributed by atoms with E-state index in [4.69, 9.17) is 0 Å². The van der Waals surface area contributed by atoms with Gasteiger partial charge in [0, 0.05) is 12.4 Å². The van der Waals surface area contributed by atoms with Crippen LogP contribution in [0.3, 0.4) is 0 Å². The van der Waals surface area contributed by atoms with Crippen LogP contribution in [0.25, 0.3) is 11.3 Å². The highest BCUT2D eigenvalue weighted by atomic mass is 32.2. The minimum Gasteiger partial charge on any atom is -0.377 e. The normalized spacial score (nSPS) is 25.6. The molecule has 3 rings (SSSR count). The zero-order valence-corrected chi connectivity index (χ0v) is 8.32. The maximum absolute atomic E-state index is 9.82. The SMILES string of the molecule is C[C@]1(O)Cn2c(nc3nccnc32)S1. The Bertz CT molecular complexity index is 507. The van der Waals surface area contributed by atoms with Crippen molar-refractivity contribution in [2.24, 2.45) is 0 Å². The minimum atomic E-state index is -0.770. The molecule has 1 aliphatic rings. The van der Waals surface area contributed by atoms with Crippen molar-refractivity contribution in [3.63, 3.8) is 0 Å². The Kier molecular flexibility index (Phi) is 1.44. The molecule has 0 radical (unpaired) electrons. The van der Waals surface area contributed by atoms with Crippen LogP contribution < -0.4 is 0 Å². The summed E-state index contributed by atoms with van der Waals surface area (Å²) < 4.78 is 1.90. The van der Waals surface area contributed by atoms with Gasteiger partial charge in [-0.25, -0.2) is 15.0 Å². The van der Waals surface area contributed by atoms with Crippen LogP contribution in [0.5, 0.6) is 0 Å². The molecule has 0 unspecified atom stereocenters. The van der Waals surface area contributed by atoms with E-state index in [1.165, 1.54) is 11.8 Å². The number of imidazole rings is 1. The molecule has 1 atom stereocenters. The van der Waals surface area contributed by atoms with Crippen LogP contribution in [-0.2, 0) is 6.54 Å². The van der Waals surface area contributed by atoms with E-state index in [1.807, 2.05) is 4.57 Å². The van der Waals surface area contributed by atoms with Crippen molar-refractivity contribution in [3.8, 4) is 0 Å². The number of thioether (sulfide) groups is 1. The Hall–Kier alpha value is -1.14. The molecule has 0 bridgehead atoms. The molecule has 0 aliphatic carbocycles. The van der Waals surface area contributed by atoms with Crippen LogP contribution in [0.4, 0.5) is 0 Å². The van der Waals surface area contributed by atoms with Gasteiger partial charge in [-0.3, -0.25) is 4.57 Å². The Morgan fingerprint density at radius 2 is 2.29 bits per heavy atom. The molecule has 0 saturated heterocycles. The maximum atomic E-state index is 9.82. The van der Waals surface area contributed by atoms with Gasteiger partial charge in [0.1, 0.15) is 4.93 Å². The lowest BCUT2D eigenvalue weighted by Crippen LogP contribution is -2.19. The molecule has 0 amide bonds. The van der Waals surface area contributed by atoms with Crippen molar-refractivity contribution in [1.29, 1.82) is 0 Å². The van der Waals surface area contributed by atoms with Crippen molar-refractivity contribution in [3.05, 3.63) is 12.4 Å². The Morgan fingerprint density at radius 3 is 3.14 bits per heavy atom. The summed E-state index contributed by atoms with van der Waals surface area (Å²) in [4.78, 5) is 11.8. The number of nitrogens with zero attached hydrogens (tertiary/aromatic N) is 4. The van der Waals surface area contributed by atoms with Gasteiger partial charge in [0.2, 0.25) is 0 Å². The van der Waals surface area contributed by atoms with Crippen LogP contribution in [0.1, 0.15) is 6.92 Å². The second kappa shape index (κ2) is 2.46. The molecule has 1 aliphatic heterocycles. The molecule has 2 aromatic rings. The van der Waals surface area contributed by atoms with Crippen LogP contribution >= 0.6 is 11.8 Å². The highest BCUT2D eigenvalue weighted by Gasteiger charge is 2.34. The van der Waals surface area contributed by atoms with E-state index in [2.05, 4.69) is 15.0 Å². The molecule has 2 aromatic heterocycles. The first-order valence-corrected chi connectivity index (χ1v) is 5.06. The molecule has 0 fully saturated rings. The van der Waals surface area contributed by atoms with E-state index in [1.54, 1.807) is 19.3 Å². The number of rotatable bonds is 0. The van der Waals surface area contributed by atoms with E-state index in [0.717, 1.165) is 10.8 Å². The second-order valence-corrected chi connectivity index (χ2v) is 4.91. The van der Waals surface area contributed by atoms with Crippen LogP contribution in [0, 0.1) is 0 Å². The third-order valence-electron chi connectivity index (χ3n) is 2.11. The zero-order chi connectivity index (χ0) is 9.76. The van der Waals surface area contributed by atoms with Crippen molar-refractivity contribution in [2.45, 2.75) is 23.6 Å². The van der Waals surface area contributed by atoms with Gasteiger partial charge in [-0.1, -0.05) is 11.8 Å². The van der Waals surface area contributed by atoms with Crippen molar-refractivity contribution in [2.75, 3.05) is 0 Å². The fourth-order valence-electron chi connectivity index (χ4n) is 1.58. The summed E-state index contributed by atoms with van der Waals surface area (Å²) in [6.07, 6.45) is 3.25. The van der Waals surface area contributed by atoms with E-state index >= 15 is 0 Å². The van der Waals surface area contributed by atoms with E-state index in [-0.39, 0.29) is 0 Å². The number of aromatic nitrogens is 4. The summed E-state index contributed by atoms with van der Waals surface area (Å²) in [5, 5.41) is 10.6. The highest BCUT2D eigenvalue weighted by molar-refractivity contribution is 8.00. The summed E-state index contributed by atoms with van der Waals surface area (Å²) >= 11 is 1.35. The highest BCUT2D eigenvalue weighted by Crippen LogP contribution is 2.39. The fraction of sp³-hybridized carbons (Fsp3) is 0.375. The lowest BCUT2D eigenvalue weighted by atomic mass is 10.4. The van der Waals surface area contributed by atoms with Crippen molar-refractivity contribution in [1.82, 2.24) is 19.5 Å². The molecule has 1 N–H and O–H groups in total. The summed E-state index contributed by atoms with van der Waals surface area (Å²) in [5.41, 5.74) is 1.39. The number of hydrogen-bond acceptors (Lipinski definition) is 5. The molecule has 5 nitrogen and oxygen atoms in total. The molecular formula is C8H8N4OS. The average molecular weight is 208 g/mol. The molecule has 72 valence electrons. The van der Waals surface area contributed by atoms with Gasteiger partial charge in [0.25, 0.3) is 0 Å². The van der Waals surface area contributed by atoms with Crippen LogP contribution in [0.15, 0.2) is 17.6 Å². The largest absolute Gasteiger partial charge is 0.377 e. The first kappa shape index (κ1) is 8.19. The molecule has 6 heteroatoms. The molecule has 0 spiro atoms. The lowest BCUT2D eigenvalue weighted by molar-refractivity contribution is 0.145. The Balaban J connectivity index is 2.26. The topological polar surface area (TPSA) is 63.8 Å². The molecule has 3 heterocycles. The van der Waals surface area contributed by atoms with Crippen LogP contribution in [-0.4, -0.2) is 29.6 Å². The molecular weight excluding hydrogens is 200 g/mol. The molecule has 14 heavy (non-hydrogen) atoms. The van der Waals surface area contributed by atoms with Gasteiger partial charge >= 0.3 is 0 Å². The van der Waals surface area contributed by atoms with Crippen LogP contribution in [0.2, 0.25) is 0 Å². The first-order valence-electron chi connectivity index (χ1n) is 4.24. The van der Waals surface area contributed by atoms with E-state index in [0.29, 0.717) is 12.2 Å². The Morgan fingerprint density at radius 1 is 1.50 bits per heavy atom. The predicted octanol–water partition coefficient (Wildman–Crippen LogP) is 0.640. The summed E-state index contributed by atoms with van der Waals surface area (Å²) in [6.45, 7) is 2.29. The van der Waals surface area contributed by atoms with Gasteiger partial charge < -0.3 is 5.11 Å². The van der Waals surface area contributed by atoms with Gasteiger partial charge in [-0.2, -0.15) is 0 Å². The standard InChI is InChI=1S/C8H8N4OS/c1-8(13)4-12-6-5(9-2-3-10-6)11-7(12)14-8/h2-3,13H,4H2,1H3/t8-/m1/s1. The maximum Gasteiger partial charge on any atom is 0.198 e. The predicted molar refractivity (Wildman–Crippen MR) is 51.8 cm³/mol.